The van der Waals surface area contributed by atoms with Crippen molar-refractivity contribution in [2.75, 3.05) is 13.2 Å². The number of aliphatic hydroxyl groups excluding tert-OH is 2. The summed E-state index contributed by atoms with van der Waals surface area (Å²) in [5, 5.41) is 19.7. The van der Waals surface area contributed by atoms with E-state index in [1.807, 2.05) is 49.4 Å². The van der Waals surface area contributed by atoms with E-state index in [0.717, 1.165) is 5.56 Å². The molecule has 1 aromatic carbocycles. The number of aryl methyl sites for hydroxylation is 1. The number of rotatable bonds is 8. The lowest BCUT2D eigenvalue weighted by molar-refractivity contribution is 0.0646. The zero-order valence-corrected chi connectivity index (χ0v) is 16.7. The van der Waals surface area contributed by atoms with Gasteiger partial charge in [-0.1, -0.05) is 30.3 Å². The Bertz CT molecular complexity index is 927. The number of hydrogen-bond acceptors (Lipinski definition) is 5. The molecule has 2 atom stereocenters. The summed E-state index contributed by atoms with van der Waals surface area (Å²) >= 11 is 0. The molecule has 0 spiro atoms. The quantitative estimate of drug-likeness (QED) is 0.563. The molecule has 7 heteroatoms. The minimum atomic E-state index is -1.02. The van der Waals surface area contributed by atoms with Crippen LogP contribution in [0.3, 0.4) is 0 Å². The van der Waals surface area contributed by atoms with E-state index in [1.165, 1.54) is 0 Å². The fourth-order valence-electron chi connectivity index (χ4n) is 3.36. The Balaban J connectivity index is 0.00000280. The summed E-state index contributed by atoms with van der Waals surface area (Å²) in [6.45, 7) is 3.78. The van der Waals surface area contributed by atoms with Gasteiger partial charge in [-0.2, -0.15) is 0 Å². The van der Waals surface area contributed by atoms with Crippen LogP contribution in [0.4, 0.5) is 0 Å². The molecule has 2 aromatic heterocycles. The van der Waals surface area contributed by atoms with Crippen LogP contribution in [0, 0.1) is 6.92 Å². The Morgan fingerprint density at radius 3 is 2.57 bits per heavy atom. The molecule has 28 heavy (non-hydrogen) atoms. The molecule has 2 N–H and O–H groups in total. The number of pyridine rings is 1. The minimum absolute atomic E-state index is 0. The van der Waals surface area contributed by atoms with Crippen molar-refractivity contribution in [1.82, 2.24) is 9.38 Å². The molecule has 0 saturated carbocycles. The fraction of sp³-hybridized carbons (Fsp3) is 0.333. The van der Waals surface area contributed by atoms with Gasteiger partial charge >= 0.3 is 0 Å². The fourth-order valence-corrected chi connectivity index (χ4v) is 3.36. The molecule has 0 amide bonds. The highest BCUT2D eigenvalue weighted by Gasteiger charge is 2.27. The van der Waals surface area contributed by atoms with Crippen molar-refractivity contribution in [1.29, 1.82) is 0 Å². The smallest absolute Gasteiger partial charge is 0.182 e. The van der Waals surface area contributed by atoms with Crippen LogP contribution >= 0.6 is 12.4 Å². The zero-order chi connectivity index (χ0) is 19.4. The molecule has 150 valence electrons. The number of Topliss-reactive ketones (excluding diaryl/α,β-unsaturated/α-hetero) is 1. The third-order valence-corrected chi connectivity index (χ3v) is 4.64. The largest absolute Gasteiger partial charge is 0.490 e. The third kappa shape index (κ3) is 4.35. The SMILES string of the molecule is CCOc1cccn2c(C(=O)C[C@H](c3ccccc3)[C@@H](O)CO)c(C)nc12.Cl. The summed E-state index contributed by atoms with van der Waals surface area (Å²) in [7, 11) is 0. The van der Waals surface area contributed by atoms with E-state index in [-0.39, 0.29) is 24.6 Å². The lowest BCUT2D eigenvalue weighted by Crippen LogP contribution is -2.25. The van der Waals surface area contributed by atoms with E-state index in [2.05, 4.69) is 4.98 Å². The molecule has 0 radical (unpaired) electrons. The maximum absolute atomic E-state index is 13.1. The maximum Gasteiger partial charge on any atom is 0.182 e. The van der Waals surface area contributed by atoms with Crippen molar-refractivity contribution in [2.45, 2.75) is 32.3 Å². The number of nitrogens with zero attached hydrogens (tertiary/aromatic N) is 2. The number of aliphatic hydroxyl groups is 2. The Morgan fingerprint density at radius 1 is 1.21 bits per heavy atom. The van der Waals surface area contributed by atoms with Crippen molar-refractivity contribution < 1.29 is 19.7 Å². The standard InChI is InChI=1S/C21H24N2O4.ClH/c1-3-27-19-10-7-11-23-20(14(2)22-21(19)23)17(25)12-16(18(26)13-24)15-8-5-4-6-9-15;/h4-11,16,18,24,26H,3,12-13H2,1-2H3;1H/t16-,18+;/m1./s1. The minimum Gasteiger partial charge on any atom is -0.490 e. The Morgan fingerprint density at radius 2 is 1.93 bits per heavy atom. The number of benzene rings is 1. The topological polar surface area (TPSA) is 84.1 Å². The van der Waals surface area contributed by atoms with E-state index < -0.39 is 18.6 Å². The molecule has 3 aromatic rings. The van der Waals surface area contributed by atoms with Crippen LogP contribution in [0.25, 0.3) is 5.65 Å². The van der Waals surface area contributed by atoms with E-state index in [9.17, 15) is 15.0 Å². The molecule has 0 fully saturated rings. The van der Waals surface area contributed by atoms with Crippen LogP contribution in [0.15, 0.2) is 48.7 Å². The molecule has 0 saturated heterocycles. The van der Waals surface area contributed by atoms with E-state index in [1.54, 1.807) is 17.5 Å². The van der Waals surface area contributed by atoms with Gasteiger partial charge in [0.25, 0.3) is 0 Å². The van der Waals surface area contributed by atoms with E-state index in [0.29, 0.717) is 29.4 Å². The third-order valence-electron chi connectivity index (χ3n) is 4.64. The van der Waals surface area contributed by atoms with Gasteiger partial charge in [-0.25, -0.2) is 4.98 Å². The molecule has 2 heterocycles. The van der Waals surface area contributed by atoms with Gasteiger partial charge in [0, 0.05) is 18.5 Å². The van der Waals surface area contributed by atoms with Crippen LogP contribution in [0.2, 0.25) is 0 Å². The zero-order valence-electron chi connectivity index (χ0n) is 15.9. The normalized spacial score (nSPS) is 13.0. The lowest BCUT2D eigenvalue weighted by Gasteiger charge is -2.21. The first-order valence-corrected chi connectivity index (χ1v) is 9.04. The highest BCUT2D eigenvalue weighted by Crippen LogP contribution is 2.28. The molecule has 0 aliphatic heterocycles. The second-order valence-electron chi connectivity index (χ2n) is 6.44. The Hall–Kier alpha value is -2.41. The number of halogens is 1. The second kappa shape index (κ2) is 9.68. The summed E-state index contributed by atoms with van der Waals surface area (Å²) in [5.74, 6) is -0.0177. The summed E-state index contributed by atoms with van der Waals surface area (Å²) in [5.41, 5.74) is 2.49. The van der Waals surface area contributed by atoms with Gasteiger partial charge in [0.2, 0.25) is 0 Å². The van der Waals surface area contributed by atoms with Crippen molar-refractivity contribution in [2.24, 2.45) is 0 Å². The average Bonchev–Trinajstić information content (AvgIpc) is 3.03. The van der Waals surface area contributed by atoms with Crippen LogP contribution in [-0.4, -0.2) is 44.7 Å². The van der Waals surface area contributed by atoms with Crippen LogP contribution in [0.5, 0.6) is 5.75 Å². The summed E-state index contributed by atoms with van der Waals surface area (Å²) in [4.78, 5) is 17.6. The van der Waals surface area contributed by atoms with Gasteiger partial charge in [-0.05, 0) is 31.5 Å². The van der Waals surface area contributed by atoms with Gasteiger partial charge < -0.3 is 14.9 Å². The highest BCUT2D eigenvalue weighted by molar-refractivity contribution is 5.97. The van der Waals surface area contributed by atoms with Gasteiger partial charge in [0.05, 0.1) is 25.0 Å². The molecule has 0 bridgehead atoms. The first-order valence-electron chi connectivity index (χ1n) is 9.04. The predicted octanol–water partition coefficient (Wildman–Crippen LogP) is 3.17. The van der Waals surface area contributed by atoms with Gasteiger partial charge in [-0.15, -0.1) is 12.4 Å². The first-order chi connectivity index (χ1) is 13.1. The van der Waals surface area contributed by atoms with Crippen LogP contribution < -0.4 is 4.74 Å². The number of ether oxygens (including phenoxy) is 1. The van der Waals surface area contributed by atoms with Crippen LogP contribution in [-0.2, 0) is 0 Å². The monoisotopic (exact) mass is 404 g/mol. The first kappa shape index (κ1) is 21.9. The predicted molar refractivity (Wildman–Crippen MR) is 110 cm³/mol. The maximum atomic E-state index is 13.1. The van der Waals surface area contributed by atoms with Gasteiger partial charge in [0.15, 0.2) is 17.2 Å². The van der Waals surface area contributed by atoms with Gasteiger partial charge in [0.1, 0.15) is 5.69 Å². The Labute approximate surface area is 170 Å². The van der Waals surface area contributed by atoms with Crippen molar-refractivity contribution >= 4 is 23.8 Å². The molecule has 0 unspecified atom stereocenters. The molecule has 3 rings (SSSR count). The number of imidazole rings is 1. The molecular weight excluding hydrogens is 380 g/mol. The van der Waals surface area contributed by atoms with E-state index in [4.69, 9.17) is 4.74 Å². The highest BCUT2D eigenvalue weighted by atomic mass is 35.5. The van der Waals surface area contributed by atoms with Crippen LogP contribution in [0.1, 0.15) is 41.0 Å². The number of fused-ring (bicyclic) bond motifs is 1. The number of ketones is 1. The van der Waals surface area contributed by atoms with Gasteiger partial charge in [-0.3, -0.25) is 9.20 Å². The number of carbonyl (C=O) groups excluding carboxylic acids is 1. The number of hydrogen-bond donors (Lipinski definition) is 2. The summed E-state index contributed by atoms with van der Waals surface area (Å²) in [6, 6.07) is 12.9. The number of carbonyl (C=O) groups is 1. The summed E-state index contributed by atoms with van der Waals surface area (Å²) < 4.78 is 7.34. The second-order valence-corrected chi connectivity index (χ2v) is 6.44. The van der Waals surface area contributed by atoms with Crippen molar-refractivity contribution in [3.05, 3.63) is 65.6 Å². The molecular formula is C21H25ClN2O4. The van der Waals surface area contributed by atoms with Crippen molar-refractivity contribution in [3.63, 3.8) is 0 Å². The molecule has 0 aliphatic rings. The molecule has 0 aliphatic carbocycles. The summed E-state index contributed by atoms with van der Waals surface area (Å²) in [6.07, 6.45) is 0.833. The van der Waals surface area contributed by atoms with Crippen molar-refractivity contribution in [3.8, 4) is 5.75 Å². The molecule has 6 nitrogen and oxygen atoms in total. The Kier molecular flexibility index (Phi) is 7.57. The van der Waals surface area contributed by atoms with E-state index >= 15 is 0 Å². The lowest BCUT2D eigenvalue weighted by atomic mass is 9.88. The average molecular weight is 405 g/mol. The number of aromatic nitrogens is 2.